The third kappa shape index (κ3) is 4.02. The summed E-state index contributed by atoms with van der Waals surface area (Å²) < 4.78 is 0. The van der Waals surface area contributed by atoms with Crippen LogP contribution in [-0.2, 0) is 17.8 Å². The molecule has 3 heterocycles. The maximum absolute atomic E-state index is 12.6. The Hall–Kier alpha value is -2.47. The Morgan fingerprint density at radius 3 is 2.68 bits per heavy atom. The van der Waals surface area contributed by atoms with Crippen molar-refractivity contribution in [2.75, 3.05) is 18.0 Å². The minimum Gasteiger partial charge on any atom is -0.356 e. The smallest absolute Gasteiger partial charge is 0.223 e. The van der Waals surface area contributed by atoms with Crippen molar-refractivity contribution in [2.24, 2.45) is 5.92 Å². The Bertz CT molecular complexity index is 958. The van der Waals surface area contributed by atoms with Crippen molar-refractivity contribution in [1.29, 1.82) is 0 Å². The minimum absolute atomic E-state index is 0.0766. The second-order valence-corrected chi connectivity index (χ2v) is 8.56. The molecule has 1 amide bonds. The van der Waals surface area contributed by atoms with Gasteiger partial charge in [0, 0.05) is 30.4 Å². The van der Waals surface area contributed by atoms with Crippen LogP contribution in [0.5, 0.6) is 0 Å². The Labute approximate surface area is 169 Å². The van der Waals surface area contributed by atoms with E-state index in [0.717, 1.165) is 53.9 Å². The number of thiophene rings is 1. The lowest BCUT2D eigenvalue weighted by Gasteiger charge is -2.32. The standard InChI is InChI=1S/C22H26N4OS/c1-3-18-12-19-20(24-14-25-22(19)28-18)26-10-8-17(9-11-26)21(27)23-13-16-6-4-15(2)5-7-16/h4-7,12,14,17H,3,8-11,13H2,1-2H3,(H,23,27). The van der Waals surface area contributed by atoms with Gasteiger partial charge in [-0.15, -0.1) is 11.3 Å². The number of aryl methyl sites for hydroxylation is 2. The number of amides is 1. The summed E-state index contributed by atoms with van der Waals surface area (Å²) in [6, 6.07) is 10.5. The SMILES string of the molecule is CCc1cc2c(N3CCC(C(=O)NCc4ccc(C)cc4)CC3)ncnc2s1. The number of carbonyl (C=O) groups excluding carboxylic acids is 1. The highest BCUT2D eigenvalue weighted by molar-refractivity contribution is 7.18. The van der Waals surface area contributed by atoms with Gasteiger partial charge in [-0.05, 0) is 37.8 Å². The average Bonchev–Trinajstić information content (AvgIpc) is 3.17. The molecule has 1 fully saturated rings. The molecular formula is C22H26N4OS. The van der Waals surface area contributed by atoms with Crippen LogP contribution in [0.4, 0.5) is 5.82 Å². The number of nitrogens with one attached hydrogen (secondary N) is 1. The first kappa shape index (κ1) is 18.9. The number of piperidine rings is 1. The molecule has 5 nitrogen and oxygen atoms in total. The Balaban J connectivity index is 1.36. The minimum atomic E-state index is 0.0766. The lowest BCUT2D eigenvalue weighted by atomic mass is 9.95. The van der Waals surface area contributed by atoms with Crippen LogP contribution in [0.25, 0.3) is 10.2 Å². The molecule has 0 spiro atoms. The maximum atomic E-state index is 12.6. The van der Waals surface area contributed by atoms with Crippen molar-refractivity contribution in [3.8, 4) is 0 Å². The number of hydrogen-bond donors (Lipinski definition) is 1. The number of benzene rings is 1. The molecular weight excluding hydrogens is 368 g/mol. The van der Waals surface area contributed by atoms with Gasteiger partial charge in [0.05, 0.1) is 5.39 Å². The molecule has 0 saturated carbocycles. The van der Waals surface area contributed by atoms with Crippen LogP contribution in [0.2, 0.25) is 0 Å². The molecule has 0 radical (unpaired) electrons. The fraction of sp³-hybridized carbons (Fsp3) is 0.409. The summed E-state index contributed by atoms with van der Waals surface area (Å²) in [5, 5.41) is 4.25. The lowest BCUT2D eigenvalue weighted by molar-refractivity contribution is -0.125. The van der Waals surface area contributed by atoms with E-state index in [1.165, 1.54) is 10.4 Å². The topological polar surface area (TPSA) is 58.1 Å². The maximum Gasteiger partial charge on any atom is 0.223 e. The van der Waals surface area contributed by atoms with E-state index in [9.17, 15) is 4.79 Å². The quantitative estimate of drug-likeness (QED) is 0.708. The largest absolute Gasteiger partial charge is 0.356 e. The zero-order valence-electron chi connectivity index (χ0n) is 16.4. The number of aromatic nitrogens is 2. The van der Waals surface area contributed by atoms with Gasteiger partial charge in [-0.25, -0.2) is 9.97 Å². The van der Waals surface area contributed by atoms with E-state index in [1.54, 1.807) is 17.7 Å². The third-order valence-corrected chi connectivity index (χ3v) is 6.65. The van der Waals surface area contributed by atoms with Crippen LogP contribution in [0.15, 0.2) is 36.7 Å². The van der Waals surface area contributed by atoms with Gasteiger partial charge in [0.2, 0.25) is 5.91 Å². The van der Waals surface area contributed by atoms with Crippen molar-refractivity contribution < 1.29 is 4.79 Å². The Kier molecular flexibility index (Phi) is 5.57. The van der Waals surface area contributed by atoms with Gasteiger partial charge in [0.1, 0.15) is 17.0 Å². The van der Waals surface area contributed by atoms with Crippen molar-refractivity contribution in [3.63, 3.8) is 0 Å². The number of carbonyl (C=O) groups is 1. The fourth-order valence-electron chi connectivity index (χ4n) is 3.71. The van der Waals surface area contributed by atoms with E-state index < -0.39 is 0 Å². The van der Waals surface area contributed by atoms with E-state index >= 15 is 0 Å². The Morgan fingerprint density at radius 1 is 1.21 bits per heavy atom. The van der Waals surface area contributed by atoms with Crippen molar-refractivity contribution in [3.05, 3.63) is 52.7 Å². The predicted octanol–water partition coefficient (Wildman–Crippen LogP) is 4.09. The van der Waals surface area contributed by atoms with Crippen molar-refractivity contribution in [2.45, 2.75) is 39.7 Å². The zero-order valence-corrected chi connectivity index (χ0v) is 17.3. The molecule has 146 valence electrons. The summed E-state index contributed by atoms with van der Waals surface area (Å²) in [4.78, 5) is 26.3. The summed E-state index contributed by atoms with van der Waals surface area (Å²) >= 11 is 1.74. The van der Waals surface area contributed by atoms with Crippen molar-refractivity contribution in [1.82, 2.24) is 15.3 Å². The summed E-state index contributed by atoms with van der Waals surface area (Å²) in [6.45, 7) is 6.54. The first-order valence-electron chi connectivity index (χ1n) is 9.95. The normalized spacial score (nSPS) is 15.1. The molecule has 6 heteroatoms. The van der Waals surface area contributed by atoms with Gasteiger partial charge in [-0.3, -0.25) is 4.79 Å². The van der Waals surface area contributed by atoms with Gasteiger partial charge in [-0.2, -0.15) is 0 Å². The van der Waals surface area contributed by atoms with Gasteiger partial charge in [0.15, 0.2) is 0 Å². The molecule has 0 unspecified atom stereocenters. The second kappa shape index (κ2) is 8.27. The molecule has 0 atom stereocenters. The molecule has 1 N–H and O–H groups in total. The van der Waals surface area contributed by atoms with Gasteiger partial charge in [0.25, 0.3) is 0 Å². The number of anilines is 1. The number of nitrogens with zero attached hydrogens (tertiary/aromatic N) is 3. The van der Waals surface area contributed by atoms with Crippen LogP contribution in [-0.4, -0.2) is 29.0 Å². The summed E-state index contributed by atoms with van der Waals surface area (Å²) in [6.07, 6.45) is 4.39. The lowest BCUT2D eigenvalue weighted by Crippen LogP contribution is -2.40. The predicted molar refractivity (Wildman–Crippen MR) is 115 cm³/mol. The molecule has 2 aromatic heterocycles. The summed E-state index contributed by atoms with van der Waals surface area (Å²) in [5.74, 6) is 1.25. The summed E-state index contributed by atoms with van der Waals surface area (Å²) in [7, 11) is 0. The van der Waals surface area contributed by atoms with E-state index in [1.807, 2.05) is 0 Å². The van der Waals surface area contributed by atoms with Crippen LogP contribution in [0, 0.1) is 12.8 Å². The Morgan fingerprint density at radius 2 is 1.96 bits per heavy atom. The molecule has 28 heavy (non-hydrogen) atoms. The van der Waals surface area contributed by atoms with E-state index in [-0.39, 0.29) is 11.8 Å². The van der Waals surface area contributed by atoms with Gasteiger partial charge < -0.3 is 10.2 Å². The molecule has 1 aromatic carbocycles. The van der Waals surface area contributed by atoms with E-state index in [2.05, 4.69) is 64.4 Å². The monoisotopic (exact) mass is 394 g/mol. The first-order valence-corrected chi connectivity index (χ1v) is 10.8. The third-order valence-electron chi connectivity index (χ3n) is 5.46. The average molecular weight is 395 g/mol. The molecule has 4 rings (SSSR count). The number of fused-ring (bicyclic) bond motifs is 1. The molecule has 1 saturated heterocycles. The van der Waals surface area contributed by atoms with Crippen LogP contribution < -0.4 is 10.2 Å². The molecule has 3 aromatic rings. The van der Waals surface area contributed by atoms with Crippen molar-refractivity contribution >= 4 is 33.3 Å². The van der Waals surface area contributed by atoms with E-state index in [0.29, 0.717) is 6.54 Å². The molecule has 1 aliphatic rings. The van der Waals surface area contributed by atoms with E-state index in [4.69, 9.17) is 0 Å². The highest BCUT2D eigenvalue weighted by Crippen LogP contribution is 2.32. The first-order chi connectivity index (χ1) is 13.6. The highest BCUT2D eigenvalue weighted by Gasteiger charge is 2.26. The molecule has 0 bridgehead atoms. The summed E-state index contributed by atoms with van der Waals surface area (Å²) in [5.41, 5.74) is 2.38. The van der Waals surface area contributed by atoms with Gasteiger partial charge >= 0.3 is 0 Å². The van der Waals surface area contributed by atoms with Crippen LogP contribution in [0.3, 0.4) is 0 Å². The number of rotatable bonds is 5. The molecule has 0 aliphatic carbocycles. The molecule has 1 aliphatic heterocycles. The van der Waals surface area contributed by atoms with Crippen LogP contribution in [0.1, 0.15) is 35.8 Å². The highest BCUT2D eigenvalue weighted by atomic mass is 32.1. The fourth-order valence-corrected chi connectivity index (χ4v) is 4.64. The van der Waals surface area contributed by atoms with Crippen LogP contribution >= 0.6 is 11.3 Å². The second-order valence-electron chi connectivity index (χ2n) is 7.45. The number of hydrogen-bond acceptors (Lipinski definition) is 5. The zero-order chi connectivity index (χ0) is 19.5. The van der Waals surface area contributed by atoms with Gasteiger partial charge in [-0.1, -0.05) is 36.8 Å².